The Balaban J connectivity index is 1.90. The van der Waals surface area contributed by atoms with Crippen LogP contribution in [0.4, 0.5) is 0 Å². The summed E-state index contributed by atoms with van der Waals surface area (Å²) in [4.78, 5) is 0. The highest BCUT2D eigenvalue weighted by atomic mass is 32.2. The molecule has 1 atom stereocenters. The molecule has 0 spiro atoms. The van der Waals surface area contributed by atoms with Gasteiger partial charge in [0.2, 0.25) is 0 Å². The Morgan fingerprint density at radius 3 is 2.61 bits per heavy atom. The van der Waals surface area contributed by atoms with E-state index in [1.165, 1.54) is 4.31 Å². The van der Waals surface area contributed by atoms with Crippen molar-refractivity contribution in [2.45, 2.75) is 38.8 Å². The molecule has 1 fully saturated rings. The van der Waals surface area contributed by atoms with Crippen molar-refractivity contribution in [3.63, 3.8) is 0 Å². The molecule has 0 saturated carbocycles. The van der Waals surface area contributed by atoms with Crippen LogP contribution in [0.5, 0.6) is 11.5 Å². The van der Waals surface area contributed by atoms with E-state index >= 15 is 0 Å². The zero-order valence-corrected chi connectivity index (χ0v) is 14.7. The van der Waals surface area contributed by atoms with E-state index in [2.05, 4.69) is 0 Å². The molecule has 0 unspecified atom stereocenters. The number of hydrogen-bond acceptors (Lipinski definition) is 4. The molecule has 6 nitrogen and oxygen atoms in total. The van der Waals surface area contributed by atoms with Gasteiger partial charge in [-0.05, 0) is 44.4 Å². The van der Waals surface area contributed by atoms with Gasteiger partial charge in [-0.15, -0.1) is 0 Å². The van der Waals surface area contributed by atoms with E-state index in [1.54, 1.807) is 11.4 Å². The molecule has 0 aliphatic carbocycles. The zero-order valence-electron chi connectivity index (χ0n) is 13.9. The van der Waals surface area contributed by atoms with Gasteiger partial charge < -0.3 is 9.47 Å². The fourth-order valence-electron chi connectivity index (χ4n) is 3.05. The predicted octanol–water partition coefficient (Wildman–Crippen LogP) is 2.18. The molecule has 0 bridgehead atoms. The maximum Gasteiger partial charge on any atom is 0.282 e. The van der Waals surface area contributed by atoms with Crippen LogP contribution in [0, 0.1) is 0 Å². The Bertz CT molecular complexity index is 675. The lowest BCUT2D eigenvalue weighted by Gasteiger charge is -2.31. The topological polar surface area (TPSA) is 59.1 Å². The molecule has 0 N–H and O–H groups in total. The van der Waals surface area contributed by atoms with Crippen molar-refractivity contribution < 1.29 is 17.9 Å². The summed E-state index contributed by atoms with van der Waals surface area (Å²) in [6.45, 7) is 5.40. The van der Waals surface area contributed by atoms with Gasteiger partial charge in [0, 0.05) is 19.6 Å². The maximum atomic E-state index is 12.8. The summed E-state index contributed by atoms with van der Waals surface area (Å²) in [7, 11) is -1.82. The van der Waals surface area contributed by atoms with Crippen LogP contribution in [0.3, 0.4) is 0 Å². The standard InChI is InChI=1S/C16H24N2O4S/c1-12(2)17(3)23(19,20)18-8-4-5-14(18)13-6-7-15-16(11-13)22-10-9-21-15/h6-7,11-12,14H,4-5,8-10H2,1-3H3/t14-/m1/s1. The Hall–Kier alpha value is -1.31. The van der Waals surface area contributed by atoms with Crippen LogP contribution >= 0.6 is 0 Å². The number of benzene rings is 1. The molecule has 23 heavy (non-hydrogen) atoms. The van der Waals surface area contributed by atoms with Gasteiger partial charge in [-0.3, -0.25) is 0 Å². The van der Waals surface area contributed by atoms with Crippen molar-refractivity contribution in [3.8, 4) is 11.5 Å². The summed E-state index contributed by atoms with van der Waals surface area (Å²) in [5, 5.41) is 0. The first-order valence-electron chi connectivity index (χ1n) is 8.05. The van der Waals surface area contributed by atoms with E-state index in [9.17, 15) is 8.42 Å². The van der Waals surface area contributed by atoms with E-state index in [0.29, 0.717) is 25.5 Å². The molecule has 1 aromatic carbocycles. The van der Waals surface area contributed by atoms with E-state index in [4.69, 9.17) is 9.47 Å². The van der Waals surface area contributed by atoms with Crippen molar-refractivity contribution in [1.82, 2.24) is 8.61 Å². The monoisotopic (exact) mass is 340 g/mol. The molecular formula is C16H24N2O4S. The minimum absolute atomic E-state index is 0.0680. The van der Waals surface area contributed by atoms with Crippen LogP contribution in [0.25, 0.3) is 0 Å². The first-order chi connectivity index (χ1) is 10.9. The highest BCUT2D eigenvalue weighted by Crippen LogP contribution is 2.39. The molecule has 1 saturated heterocycles. The third-order valence-electron chi connectivity index (χ3n) is 4.54. The highest BCUT2D eigenvalue weighted by Gasteiger charge is 2.38. The van der Waals surface area contributed by atoms with Crippen LogP contribution < -0.4 is 9.47 Å². The van der Waals surface area contributed by atoms with Crippen LogP contribution in [0.1, 0.15) is 38.3 Å². The first-order valence-corrected chi connectivity index (χ1v) is 9.45. The quantitative estimate of drug-likeness (QED) is 0.843. The number of nitrogens with zero attached hydrogens (tertiary/aromatic N) is 2. The molecule has 2 aliphatic heterocycles. The van der Waals surface area contributed by atoms with Crippen molar-refractivity contribution in [2.75, 3.05) is 26.8 Å². The molecule has 3 rings (SSSR count). The minimum Gasteiger partial charge on any atom is -0.486 e. The molecular weight excluding hydrogens is 316 g/mol. The van der Waals surface area contributed by atoms with Crippen LogP contribution in [0.15, 0.2) is 18.2 Å². The average Bonchev–Trinajstić information content (AvgIpc) is 3.04. The molecule has 128 valence electrons. The molecule has 1 aromatic rings. The van der Waals surface area contributed by atoms with Gasteiger partial charge in [0.15, 0.2) is 11.5 Å². The van der Waals surface area contributed by atoms with Gasteiger partial charge in [0.1, 0.15) is 13.2 Å². The average molecular weight is 340 g/mol. The van der Waals surface area contributed by atoms with Crippen molar-refractivity contribution >= 4 is 10.2 Å². The third kappa shape index (κ3) is 3.05. The fourth-order valence-corrected chi connectivity index (χ4v) is 4.82. The van der Waals surface area contributed by atoms with Crippen molar-refractivity contribution in [2.24, 2.45) is 0 Å². The Morgan fingerprint density at radius 2 is 1.91 bits per heavy atom. The third-order valence-corrected chi connectivity index (χ3v) is 6.72. The lowest BCUT2D eigenvalue weighted by atomic mass is 10.0. The summed E-state index contributed by atoms with van der Waals surface area (Å²) in [6, 6.07) is 5.53. The fraction of sp³-hybridized carbons (Fsp3) is 0.625. The summed E-state index contributed by atoms with van der Waals surface area (Å²) in [5.41, 5.74) is 0.965. The Morgan fingerprint density at radius 1 is 1.22 bits per heavy atom. The van der Waals surface area contributed by atoms with Gasteiger partial charge in [-0.1, -0.05) is 6.07 Å². The van der Waals surface area contributed by atoms with E-state index in [-0.39, 0.29) is 12.1 Å². The van der Waals surface area contributed by atoms with E-state index in [0.717, 1.165) is 24.2 Å². The smallest absolute Gasteiger partial charge is 0.282 e. The van der Waals surface area contributed by atoms with Crippen LogP contribution in [0.2, 0.25) is 0 Å². The molecule has 0 aromatic heterocycles. The summed E-state index contributed by atoms with van der Waals surface area (Å²) in [6.07, 6.45) is 1.69. The van der Waals surface area contributed by atoms with Crippen LogP contribution in [-0.2, 0) is 10.2 Å². The predicted molar refractivity (Wildman–Crippen MR) is 87.9 cm³/mol. The van der Waals surface area contributed by atoms with E-state index in [1.807, 2.05) is 32.0 Å². The maximum absolute atomic E-state index is 12.8. The number of ether oxygens (including phenoxy) is 2. The second kappa shape index (κ2) is 6.30. The first kappa shape index (κ1) is 16.5. The zero-order chi connectivity index (χ0) is 16.6. The number of hydrogen-bond donors (Lipinski definition) is 0. The second-order valence-electron chi connectivity index (χ2n) is 6.29. The minimum atomic E-state index is -3.46. The SMILES string of the molecule is CC(C)N(C)S(=O)(=O)N1CCC[C@@H]1c1ccc2c(c1)OCCO2. The molecule has 0 radical (unpaired) electrons. The normalized spacial score (nSPS) is 22.0. The van der Waals surface area contributed by atoms with Crippen molar-refractivity contribution in [1.29, 1.82) is 0 Å². The highest BCUT2D eigenvalue weighted by molar-refractivity contribution is 7.86. The molecule has 2 aliphatic rings. The second-order valence-corrected chi connectivity index (χ2v) is 8.23. The largest absolute Gasteiger partial charge is 0.486 e. The van der Waals surface area contributed by atoms with E-state index < -0.39 is 10.2 Å². The molecule has 2 heterocycles. The van der Waals surface area contributed by atoms with Crippen LogP contribution in [-0.4, -0.2) is 49.9 Å². The van der Waals surface area contributed by atoms with Crippen molar-refractivity contribution in [3.05, 3.63) is 23.8 Å². The molecule has 0 amide bonds. The van der Waals surface area contributed by atoms with Gasteiger partial charge >= 0.3 is 0 Å². The number of rotatable bonds is 4. The molecule has 7 heteroatoms. The Kier molecular flexibility index (Phi) is 4.53. The van der Waals surface area contributed by atoms with Gasteiger partial charge in [-0.25, -0.2) is 0 Å². The lowest BCUT2D eigenvalue weighted by Crippen LogP contribution is -2.44. The van der Waals surface area contributed by atoms with Gasteiger partial charge in [0.25, 0.3) is 10.2 Å². The summed E-state index contributed by atoms with van der Waals surface area (Å²) in [5.74, 6) is 1.43. The van der Waals surface area contributed by atoms with Gasteiger partial charge in [0.05, 0.1) is 6.04 Å². The Labute approximate surface area is 138 Å². The summed E-state index contributed by atoms with van der Waals surface area (Å²) < 4.78 is 39.9. The lowest BCUT2D eigenvalue weighted by molar-refractivity contribution is 0.171. The summed E-state index contributed by atoms with van der Waals surface area (Å²) >= 11 is 0. The number of fused-ring (bicyclic) bond motifs is 1. The van der Waals surface area contributed by atoms with Gasteiger partial charge in [-0.2, -0.15) is 17.0 Å².